The van der Waals surface area contributed by atoms with Crippen LogP contribution in [-0.4, -0.2) is 60.7 Å². The van der Waals surface area contributed by atoms with E-state index in [9.17, 15) is 9.90 Å². The van der Waals surface area contributed by atoms with Gasteiger partial charge in [-0.1, -0.05) is 25.5 Å². The van der Waals surface area contributed by atoms with Gasteiger partial charge < -0.3 is 28.8 Å². The van der Waals surface area contributed by atoms with Crippen molar-refractivity contribution in [3.63, 3.8) is 0 Å². The molecule has 0 aromatic heterocycles. The SMILES string of the molecule is C=C1C(=O)[C@@]23[C@@H]4OC(C)(C)OC25OC[C@]2(C6=C(CC[C@H](OCCCCN=[N+]=[N-])O6)CC(C)(C)[C@H]2[C@@H]5O)[C@@H]3CC[C@@H]14. The number of hydrogen-bond donors (Lipinski definition) is 1. The normalized spacial score (nSPS) is 47.1. The topological polar surface area (TPSA) is 132 Å². The molecule has 10 heteroatoms. The molecular formula is C30H41N3O7. The van der Waals surface area contributed by atoms with Crippen molar-refractivity contribution in [3.05, 3.63) is 33.9 Å². The lowest BCUT2D eigenvalue weighted by Crippen LogP contribution is -2.87. The lowest BCUT2D eigenvalue weighted by Gasteiger charge is -2.77. The monoisotopic (exact) mass is 555 g/mol. The summed E-state index contributed by atoms with van der Waals surface area (Å²) >= 11 is 0. The largest absolute Gasteiger partial charge is 0.469 e. The summed E-state index contributed by atoms with van der Waals surface area (Å²) < 4.78 is 33.0. The van der Waals surface area contributed by atoms with Crippen molar-refractivity contribution in [1.82, 2.24) is 0 Å². The van der Waals surface area contributed by atoms with E-state index in [1.54, 1.807) is 0 Å². The van der Waals surface area contributed by atoms with E-state index in [0.29, 0.717) is 25.3 Å². The summed E-state index contributed by atoms with van der Waals surface area (Å²) in [6, 6.07) is 0. The van der Waals surface area contributed by atoms with Crippen molar-refractivity contribution in [2.45, 2.75) is 103 Å². The molecule has 6 fully saturated rings. The highest BCUT2D eigenvalue weighted by molar-refractivity contribution is 6.05. The van der Waals surface area contributed by atoms with Crippen LogP contribution in [0.5, 0.6) is 0 Å². The molecule has 8 aliphatic rings. The average molecular weight is 556 g/mol. The van der Waals surface area contributed by atoms with E-state index in [0.717, 1.165) is 50.7 Å². The molecular weight excluding hydrogens is 514 g/mol. The molecule has 0 radical (unpaired) electrons. The molecule has 4 aliphatic carbocycles. The van der Waals surface area contributed by atoms with Gasteiger partial charge in [0, 0.05) is 29.7 Å². The first-order valence-electron chi connectivity index (χ1n) is 14.9. The number of azide groups is 1. The van der Waals surface area contributed by atoms with Gasteiger partial charge >= 0.3 is 0 Å². The number of hydrogen-bond acceptors (Lipinski definition) is 8. The Kier molecular flexibility index (Phi) is 5.76. The van der Waals surface area contributed by atoms with Gasteiger partial charge in [-0.25, -0.2) is 0 Å². The zero-order valence-electron chi connectivity index (χ0n) is 24.0. The first kappa shape index (κ1) is 26.9. The van der Waals surface area contributed by atoms with Crippen molar-refractivity contribution in [2.75, 3.05) is 19.8 Å². The van der Waals surface area contributed by atoms with Crippen LogP contribution in [0.3, 0.4) is 0 Å². The molecule has 3 spiro atoms. The smallest absolute Gasteiger partial charge is 0.213 e. The maximum atomic E-state index is 14.4. The number of aliphatic hydroxyl groups excluding tert-OH is 1. The lowest BCUT2D eigenvalue weighted by atomic mass is 9.36. The standard InChI is InChI=1S/C30H41N3O7/c1-16-18-9-10-19-28-15-37-30(29(19,22(16)34)25(18)39-27(4,5)40-30)23(35)21(28)26(2,3)14-17-8-11-20(38-24(17)28)36-13-7-6-12-32-33-31/h18-21,23,25,35H,1,6-15H2,2-5H3/t18-,19-,20+,21+,23-,25+,28-,29-,30?/m0/s1. The first-order chi connectivity index (χ1) is 19.0. The second-order valence-corrected chi connectivity index (χ2v) is 14.1. The molecule has 218 valence electrons. The van der Waals surface area contributed by atoms with Gasteiger partial charge in [0.15, 0.2) is 17.9 Å². The highest BCUT2D eigenvalue weighted by atomic mass is 16.8. The maximum Gasteiger partial charge on any atom is 0.213 e. The average Bonchev–Trinajstić information content (AvgIpc) is 3.01. The Hall–Kier alpha value is -1.94. The van der Waals surface area contributed by atoms with Crippen LogP contribution in [0.1, 0.15) is 72.6 Å². The van der Waals surface area contributed by atoms with Crippen molar-refractivity contribution in [3.8, 4) is 0 Å². The molecule has 1 N–H and O–H groups in total. The molecule has 10 nitrogen and oxygen atoms in total. The maximum absolute atomic E-state index is 14.4. The molecule has 3 saturated heterocycles. The van der Waals surface area contributed by atoms with E-state index in [2.05, 4.69) is 30.5 Å². The Labute approximate surface area is 235 Å². The van der Waals surface area contributed by atoms with Crippen LogP contribution in [0.4, 0.5) is 0 Å². The van der Waals surface area contributed by atoms with Gasteiger partial charge in [-0.2, -0.15) is 0 Å². The minimum atomic E-state index is -1.50. The fraction of sp³-hybridized carbons (Fsp3) is 0.833. The quantitative estimate of drug-likeness (QED) is 0.162. The molecule has 40 heavy (non-hydrogen) atoms. The molecule has 3 saturated carbocycles. The Bertz CT molecular complexity index is 1240. The van der Waals surface area contributed by atoms with Gasteiger partial charge in [0.1, 0.15) is 17.3 Å². The van der Waals surface area contributed by atoms with Gasteiger partial charge in [0.05, 0.1) is 24.7 Å². The van der Waals surface area contributed by atoms with Crippen LogP contribution in [0, 0.1) is 34.0 Å². The van der Waals surface area contributed by atoms with Gasteiger partial charge in [0.25, 0.3) is 0 Å². The van der Waals surface area contributed by atoms with Crippen LogP contribution in [-0.2, 0) is 28.5 Å². The van der Waals surface area contributed by atoms with Gasteiger partial charge in [0.2, 0.25) is 5.79 Å². The van der Waals surface area contributed by atoms with Crippen molar-refractivity contribution < 1.29 is 33.6 Å². The minimum absolute atomic E-state index is 0.0776. The summed E-state index contributed by atoms with van der Waals surface area (Å²) in [7, 11) is 0. The molecule has 9 atom stereocenters. The lowest BCUT2D eigenvalue weighted by molar-refractivity contribution is -0.527. The van der Waals surface area contributed by atoms with Crippen LogP contribution < -0.4 is 0 Å². The van der Waals surface area contributed by atoms with E-state index < -0.39 is 40.9 Å². The Balaban J connectivity index is 1.32. The fourth-order valence-electron chi connectivity index (χ4n) is 10.3. The Morgan fingerprint density at radius 3 is 2.77 bits per heavy atom. The number of Topliss-reactive ketones (excluding diaryl/α,β-unsaturated/α-hetero) is 1. The summed E-state index contributed by atoms with van der Waals surface area (Å²) in [6.45, 7) is 13.7. The van der Waals surface area contributed by atoms with Crippen LogP contribution >= 0.6 is 0 Å². The zero-order chi connectivity index (χ0) is 28.3. The Morgan fingerprint density at radius 2 is 2.00 bits per heavy atom. The number of ether oxygens (including phenoxy) is 5. The van der Waals surface area contributed by atoms with E-state index in [4.69, 9.17) is 29.2 Å². The minimum Gasteiger partial charge on any atom is -0.469 e. The summed E-state index contributed by atoms with van der Waals surface area (Å²) in [5.41, 5.74) is 8.15. The highest BCUT2D eigenvalue weighted by Crippen LogP contribution is 2.80. The zero-order valence-corrected chi connectivity index (χ0v) is 24.0. The molecule has 0 aromatic rings. The number of nitrogens with zero attached hydrogens (tertiary/aromatic N) is 3. The highest BCUT2D eigenvalue weighted by Gasteiger charge is 2.90. The summed E-state index contributed by atoms with van der Waals surface area (Å²) in [5.74, 6) is -2.28. The number of ketones is 1. The molecule has 4 heterocycles. The molecule has 4 bridgehead atoms. The molecule has 0 aromatic carbocycles. The number of allylic oxidation sites excluding steroid dienone is 1. The number of fused-ring (bicyclic) bond motifs is 1. The first-order valence-corrected chi connectivity index (χ1v) is 14.9. The molecule has 1 unspecified atom stereocenters. The predicted molar refractivity (Wildman–Crippen MR) is 142 cm³/mol. The fourth-order valence-corrected chi connectivity index (χ4v) is 10.3. The number of carbonyl (C=O) groups is 1. The van der Waals surface area contributed by atoms with E-state index in [1.165, 1.54) is 5.57 Å². The second-order valence-electron chi connectivity index (χ2n) is 14.1. The van der Waals surface area contributed by atoms with Crippen molar-refractivity contribution in [2.24, 2.45) is 39.1 Å². The van der Waals surface area contributed by atoms with Crippen LogP contribution in [0.15, 0.2) is 28.6 Å². The third kappa shape index (κ3) is 3.08. The third-order valence-electron chi connectivity index (χ3n) is 11.2. The number of aliphatic hydroxyl groups is 1. The summed E-state index contributed by atoms with van der Waals surface area (Å²) in [5, 5.41) is 16.1. The van der Waals surface area contributed by atoms with Crippen LogP contribution in [0.2, 0.25) is 0 Å². The van der Waals surface area contributed by atoms with Crippen LogP contribution in [0.25, 0.3) is 10.4 Å². The van der Waals surface area contributed by atoms with E-state index in [-0.39, 0.29) is 29.0 Å². The summed E-state index contributed by atoms with van der Waals surface area (Å²) in [6.07, 6.45) is 3.55. The number of unbranched alkanes of at least 4 members (excludes halogenated alkanes) is 1. The third-order valence-corrected chi connectivity index (χ3v) is 11.2. The van der Waals surface area contributed by atoms with Crippen molar-refractivity contribution >= 4 is 5.78 Å². The van der Waals surface area contributed by atoms with Gasteiger partial charge in [-0.15, -0.1) is 0 Å². The number of carbonyl (C=O) groups excluding carboxylic acids is 1. The van der Waals surface area contributed by atoms with E-state index >= 15 is 0 Å². The summed E-state index contributed by atoms with van der Waals surface area (Å²) in [4.78, 5) is 17.2. The molecule has 4 aliphatic heterocycles. The Morgan fingerprint density at radius 1 is 1.20 bits per heavy atom. The van der Waals surface area contributed by atoms with Gasteiger partial charge in [-0.05, 0) is 80.4 Å². The second kappa shape index (κ2) is 8.55. The van der Waals surface area contributed by atoms with E-state index in [1.807, 2.05) is 13.8 Å². The predicted octanol–water partition coefficient (Wildman–Crippen LogP) is 4.92. The van der Waals surface area contributed by atoms with Crippen molar-refractivity contribution in [1.29, 1.82) is 0 Å². The van der Waals surface area contributed by atoms with Gasteiger partial charge in [-0.3, -0.25) is 4.79 Å². The molecule has 0 amide bonds. The number of rotatable bonds is 6. The molecule has 8 rings (SSSR count).